The van der Waals surface area contributed by atoms with E-state index in [1.165, 1.54) is 6.08 Å². The van der Waals surface area contributed by atoms with Gasteiger partial charge in [-0.15, -0.1) is 0 Å². The molecule has 1 aromatic rings. The lowest BCUT2D eigenvalue weighted by molar-refractivity contribution is -0.131. The molecular formula is C12H16O3. The maximum absolute atomic E-state index is 10.2. The quantitative estimate of drug-likeness (QED) is 0.735. The van der Waals surface area contributed by atoms with Crippen LogP contribution in [0.25, 0.3) is 6.08 Å². The molecule has 0 aliphatic rings. The van der Waals surface area contributed by atoms with E-state index in [4.69, 9.17) is 5.11 Å². The first-order chi connectivity index (χ1) is 7.09. The molecular weight excluding hydrogens is 192 g/mol. The summed E-state index contributed by atoms with van der Waals surface area (Å²) in [5.41, 5.74) is 1.44. The fourth-order valence-electron chi connectivity index (χ4n) is 0.956. The van der Waals surface area contributed by atoms with Crippen molar-refractivity contribution < 1.29 is 15.0 Å². The number of rotatable bonds is 2. The molecule has 0 saturated carbocycles. The molecule has 0 aliphatic heterocycles. The Kier molecular flexibility index (Phi) is 5.86. The number of hydrogen-bond donors (Lipinski definition) is 2. The van der Waals surface area contributed by atoms with Gasteiger partial charge in [-0.3, -0.25) is 0 Å². The second-order valence-corrected chi connectivity index (χ2v) is 2.73. The van der Waals surface area contributed by atoms with Crippen LogP contribution in [0.3, 0.4) is 0 Å². The van der Waals surface area contributed by atoms with Gasteiger partial charge in [0.25, 0.3) is 0 Å². The van der Waals surface area contributed by atoms with Gasteiger partial charge in [-0.1, -0.05) is 26.0 Å². The van der Waals surface area contributed by atoms with E-state index in [9.17, 15) is 9.90 Å². The molecule has 0 aromatic heterocycles. The molecule has 82 valence electrons. The van der Waals surface area contributed by atoms with Crippen molar-refractivity contribution >= 4 is 12.0 Å². The smallest absolute Gasteiger partial charge is 0.328 e. The lowest BCUT2D eigenvalue weighted by atomic mass is 10.1. The van der Waals surface area contributed by atoms with Gasteiger partial charge < -0.3 is 10.2 Å². The molecule has 3 heteroatoms. The van der Waals surface area contributed by atoms with E-state index >= 15 is 0 Å². The molecule has 0 saturated heterocycles. The molecule has 0 amide bonds. The molecule has 0 fully saturated rings. The van der Waals surface area contributed by atoms with Crippen molar-refractivity contribution in [3.63, 3.8) is 0 Å². The van der Waals surface area contributed by atoms with Crippen LogP contribution in [0.4, 0.5) is 0 Å². The van der Waals surface area contributed by atoms with Crippen LogP contribution in [0.2, 0.25) is 0 Å². The third-order valence-corrected chi connectivity index (χ3v) is 1.59. The van der Waals surface area contributed by atoms with Gasteiger partial charge in [-0.05, 0) is 24.6 Å². The SMILES string of the molecule is CC.Cc1ccc(/C=C/C(=O)O)c(O)c1. The van der Waals surface area contributed by atoms with Crippen molar-refractivity contribution in [1.82, 2.24) is 0 Å². The van der Waals surface area contributed by atoms with Crippen LogP contribution in [-0.2, 0) is 4.79 Å². The van der Waals surface area contributed by atoms with Gasteiger partial charge in [0.1, 0.15) is 5.75 Å². The predicted octanol–water partition coefficient (Wildman–Crippen LogP) is 2.82. The first kappa shape index (κ1) is 13.2. The predicted molar refractivity (Wildman–Crippen MR) is 60.9 cm³/mol. The van der Waals surface area contributed by atoms with Gasteiger partial charge in [0, 0.05) is 11.6 Å². The van der Waals surface area contributed by atoms with Crippen LogP contribution in [-0.4, -0.2) is 16.2 Å². The van der Waals surface area contributed by atoms with Crippen molar-refractivity contribution in [2.45, 2.75) is 20.8 Å². The number of benzene rings is 1. The second kappa shape index (κ2) is 6.65. The fourth-order valence-corrected chi connectivity index (χ4v) is 0.956. The van der Waals surface area contributed by atoms with Crippen molar-refractivity contribution in [3.05, 3.63) is 35.4 Å². The first-order valence-electron chi connectivity index (χ1n) is 4.80. The molecule has 15 heavy (non-hydrogen) atoms. The summed E-state index contributed by atoms with van der Waals surface area (Å²) in [6, 6.07) is 5.06. The minimum absolute atomic E-state index is 0.0949. The third-order valence-electron chi connectivity index (χ3n) is 1.59. The minimum Gasteiger partial charge on any atom is -0.507 e. The number of aliphatic carboxylic acids is 1. The Morgan fingerprint density at radius 1 is 1.33 bits per heavy atom. The molecule has 0 heterocycles. The molecule has 0 atom stereocenters. The summed E-state index contributed by atoms with van der Waals surface area (Å²) in [6.45, 7) is 5.85. The summed E-state index contributed by atoms with van der Waals surface area (Å²) in [6.07, 6.45) is 2.35. The Morgan fingerprint density at radius 3 is 2.40 bits per heavy atom. The fraction of sp³-hybridized carbons (Fsp3) is 0.250. The number of carbonyl (C=O) groups is 1. The van der Waals surface area contributed by atoms with Crippen LogP contribution < -0.4 is 0 Å². The lowest BCUT2D eigenvalue weighted by Crippen LogP contribution is -1.86. The zero-order valence-corrected chi connectivity index (χ0v) is 9.19. The van der Waals surface area contributed by atoms with Gasteiger partial charge in [-0.25, -0.2) is 4.79 Å². The highest BCUT2D eigenvalue weighted by molar-refractivity contribution is 5.85. The molecule has 1 rings (SSSR count). The number of phenols is 1. The van der Waals surface area contributed by atoms with E-state index < -0.39 is 5.97 Å². The van der Waals surface area contributed by atoms with E-state index in [1.807, 2.05) is 20.8 Å². The number of carboxylic acids is 1. The topological polar surface area (TPSA) is 57.5 Å². The standard InChI is InChI=1S/C10H10O3.C2H6/c1-7-2-3-8(9(11)6-7)4-5-10(12)13;1-2/h2-6,11H,1H3,(H,12,13);1-2H3/b5-4+;. The Morgan fingerprint density at radius 2 is 1.93 bits per heavy atom. The maximum atomic E-state index is 10.2. The highest BCUT2D eigenvalue weighted by atomic mass is 16.4. The Bertz CT molecular complexity index is 354. The van der Waals surface area contributed by atoms with Crippen LogP contribution in [0.1, 0.15) is 25.0 Å². The monoisotopic (exact) mass is 208 g/mol. The van der Waals surface area contributed by atoms with Crippen LogP contribution in [0.15, 0.2) is 24.3 Å². The van der Waals surface area contributed by atoms with Gasteiger partial charge in [-0.2, -0.15) is 0 Å². The summed E-state index contributed by atoms with van der Waals surface area (Å²) in [5.74, 6) is -0.933. The lowest BCUT2D eigenvalue weighted by Gasteiger charge is -1.99. The number of carboxylic acid groups (broad SMARTS) is 1. The summed E-state index contributed by atoms with van der Waals surface area (Å²) in [4.78, 5) is 10.2. The average molecular weight is 208 g/mol. The van der Waals surface area contributed by atoms with Crippen molar-refractivity contribution in [3.8, 4) is 5.75 Å². The third kappa shape index (κ3) is 4.86. The van der Waals surface area contributed by atoms with Crippen LogP contribution in [0, 0.1) is 6.92 Å². The minimum atomic E-state index is -1.03. The highest BCUT2D eigenvalue weighted by Gasteiger charge is 1.97. The van der Waals surface area contributed by atoms with Gasteiger partial charge in [0.05, 0.1) is 0 Å². The Labute approximate surface area is 89.7 Å². The van der Waals surface area contributed by atoms with Crippen molar-refractivity contribution in [2.75, 3.05) is 0 Å². The first-order valence-corrected chi connectivity index (χ1v) is 4.80. The number of aromatic hydroxyl groups is 1. The van der Waals surface area contributed by atoms with Gasteiger partial charge in [0.15, 0.2) is 0 Å². The van der Waals surface area contributed by atoms with E-state index in [0.29, 0.717) is 5.56 Å². The number of hydrogen-bond acceptors (Lipinski definition) is 2. The maximum Gasteiger partial charge on any atom is 0.328 e. The molecule has 0 radical (unpaired) electrons. The zero-order chi connectivity index (χ0) is 11.8. The van der Waals surface area contributed by atoms with E-state index in [1.54, 1.807) is 18.2 Å². The Balaban J connectivity index is 0.000000921. The molecule has 3 nitrogen and oxygen atoms in total. The zero-order valence-electron chi connectivity index (χ0n) is 9.19. The Hall–Kier alpha value is -1.77. The van der Waals surface area contributed by atoms with Crippen LogP contribution >= 0.6 is 0 Å². The molecule has 0 spiro atoms. The van der Waals surface area contributed by atoms with E-state index in [0.717, 1.165) is 11.6 Å². The summed E-state index contributed by atoms with van der Waals surface area (Å²) < 4.78 is 0. The summed E-state index contributed by atoms with van der Waals surface area (Å²) in [5, 5.41) is 17.7. The summed E-state index contributed by atoms with van der Waals surface area (Å²) in [7, 11) is 0. The van der Waals surface area contributed by atoms with Gasteiger partial charge >= 0.3 is 5.97 Å². The van der Waals surface area contributed by atoms with E-state index in [2.05, 4.69) is 0 Å². The molecule has 0 bridgehead atoms. The largest absolute Gasteiger partial charge is 0.507 e. The van der Waals surface area contributed by atoms with Crippen LogP contribution in [0.5, 0.6) is 5.75 Å². The van der Waals surface area contributed by atoms with E-state index in [-0.39, 0.29) is 5.75 Å². The highest BCUT2D eigenvalue weighted by Crippen LogP contribution is 2.19. The summed E-state index contributed by atoms with van der Waals surface area (Å²) >= 11 is 0. The van der Waals surface area contributed by atoms with Gasteiger partial charge in [0.2, 0.25) is 0 Å². The van der Waals surface area contributed by atoms with Crippen molar-refractivity contribution in [2.24, 2.45) is 0 Å². The van der Waals surface area contributed by atoms with Crippen molar-refractivity contribution in [1.29, 1.82) is 0 Å². The molecule has 2 N–H and O–H groups in total. The molecule has 0 unspecified atom stereocenters. The number of aryl methyl sites for hydroxylation is 1. The molecule has 1 aromatic carbocycles. The molecule has 0 aliphatic carbocycles. The normalized spacial score (nSPS) is 9.53. The average Bonchev–Trinajstić information content (AvgIpc) is 2.19. The second-order valence-electron chi connectivity index (χ2n) is 2.73. The number of phenolic OH excluding ortho intramolecular Hbond substituents is 1.